The van der Waals surface area contributed by atoms with Crippen molar-refractivity contribution in [2.75, 3.05) is 0 Å². The minimum atomic E-state index is -0.753. The molecule has 3 aromatic heterocycles. The van der Waals surface area contributed by atoms with Gasteiger partial charge in [0.15, 0.2) is 6.23 Å². The zero-order valence-corrected chi connectivity index (χ0v) is 22.2. The third kappa shape index (κ3) is 5.16. The molecule has 0 bridgehead atoms. The highest BCUT2D eigenvalue weighted by Crippen LogP contribution is 2.30. The molecular weight excluding hydrogens is 470 g/mol. The number of aromatic nitrogens is 5. The van der Waals surface area contributed by atoms with Crippen LogP contribution in [0.25, 0.3) is 22.3 Å². The maximum absolute atomic E-state index is 13.6. The molecule has 0 spiro atoms. The van der Waals surface area contributed by atoms with Crippen molar-refractivity contribution in [1.29, 1.82) is 0 Å². The topological polar surface area (TPSA) is 93.1 Å². The van der Waals surface area contributed by atoms with Crippen LogP contribution in [-0.4, -0.2) is 29.5 Å². The van der Waals surface area contributed by atoms with Crippen molar-refractivity contribution in [3.05, 3.63) is 74.7 Å². The molecule has 1 unspecified atom stereocenters. The van der Waals surface area contributed by atoms with E-state index in [1.807, 2.05) is 43.8 Å². The van der Waals surface area contributed by atoms with E-state index in [-0.39, 0.29) is 23.6 Å². The van der Waals surface area contributed by atoms with Crippen LogP contribution in [-0.2, 0) is 29.2 Å². The summed E-state index contributed by atoms with van der Waals surface area (Å²) in [6, 6.07) is 10.1. The Hall–Kier alpha value is -3.88. The van der Waals surface area contributed by atoms with Gasteiger partial charge in [0.1, 0.15) is 5.52 Å². The van der Waals surface area contributed by atoms with Crippen molar-refractivity contribution in [2.24, 2.45) is 0 Å². The molecule has 1 aromatic carbocycles. The summed E-state index contributed by atoms with van der Waals surface area (Å²) in [5.41, 5.74) is 3.86. The first-order valence-corrected chi connectivity index (χ1v) is 12.9. The van der Waals surface area contributed by atoms with Crippen LogP contribution >= 0.6 is 0 Å². The van der Waals surface area contributed by atoms with E-state index in [1.165, 1.54) is 10.1 Å². The van der Waals surface area contributed by atoms with Gasteiger partial charge in [0.25, 0.3) is 5.56 Å². The maximum atomic E-state index is 13.6. The molecule has 4 rings (SSSR count). The number of hydrogen-bond acceptors (Lipinski definition) is 5. The van der Waals surface area contributed by atoms with Crippen LogP contribution in [0.2, 0.25) is 0 Å². The molecule has 1 atom stereocenters. The summed E-state index contributed by atoms with van der Waals surface area (Å²) in [4.78, 5) is 39.2. The molecule has 196 valence electrons. The molecule has 0 aliphatic carbocycles. The fraction of sp³-hybridized carbons (Fsp3) is 0.429. The van der Waals surface area contributed by atoms with Crippen LogP contribution in [0, 0.1) is 6.92 Å². The molecule has 0 saturated carbocycles. The Balaban J connectivity index is 1.90. The Labute approximate surface area is 215 Å². The van der Waals surface area contributed by atoms with E-state index in [1.54, 1.807) is 22.3 Å². The van der Waals surface area contributed by atoms with Crippen LogP contribution in [0.3, 0.4) is 0 Å². The quantitative estimate of drug-likeness (QED) is 0.296. The number of nitrogens with zero attached hydrogens (tertiary/aromatic N) is 5. The van der Waals surface area contributed by atoms with Crippen molar-refractivity contribution in [1.82, 2.24) is 23.5 Å². The Morgan fingerprint density at radius 2 is 1.86 bits per heavy atom. The van der Waals surface area contributed by atoms with Gasteiger partial charge < -0.3 is 4.74 Å². The van der Waals surface area contributed by atoms with Gasteiger partial charge in [0, 0.05) is 31.3 Å². The van der Waals surface area contributed by atoms with Gasteiger partial charge in [0.05, 0.1) is 24.0 Å². The second-order valence-corrected chi connectivity index (χ2v) is 9.37. The predicted molar refractivity (Wildman–Crippen MR) is 144 cm³/mol. The molecule has 0 fully saturated rings. The molecule has 0 radical (unpaired) electrons. The zero-order valence-electron chi connectivity index (χ0n) is 22.2. The molecule has 0 saturated heterocycles. The molecule has 3 heterocycles. The smallest absolute Gasteiger partial charge is 0.331 e. The fourth-order valence-electron chi connectivity index (χ4n) is 4.81. The van der Waals surface area contributed by atoms with Crippen molar-refractivity contribution in [3.8, 4) is 11.3 Å². The van der Waals surface area contributed by atoms with Crippen LogP contribution in [0.15, 0.2) is 52.3 Å². The van der Waals surface area contributed by atoms with E-state index in [9.17, 15) is 14.4 Å². The Morgan fingerprint density at radius 1 is 1.08 bits per heavy atom. The van der Waals surface area contributed by atoms with E-state index >= 15 is 0 Å². The molecule has 9 heteroatoms. The lowest BCUT2D eigenvalue weighted by Gasteiger charge is -2.19. The number of benzene rings is 1. The summed E-state index contributed by atoms with van der Waals surface area (Å²) in [7, 11) is 0. The van der Waals surface area contributed by atoms with Crippen molar-refractivity contribution < 1.29 is 9.53 Å². The second kappa shape index (κ2) is 11.0. The lowest BCUT2D eigenvalue weighted by molar-refractivity contribution is -0.152. The van der Waals surface area contributed by atoms with Gasteiger partial charge in [-0.1, -0.05) is 43.7 Å². The summed E-state index contributed by atoms with van der Waals surface area (Å²) in [6.45, 7) is 10.8. The first-order valence-electron chi connectivity index (χ1n) is 12.9. The number of carbonyl (C=O) groups excluding carboxylic acids is 1. The third-order valence-electron chi connectivity index (χ3n) is 6.46. The van der Waals surface area contributed by atoms with Crippen molar-refractivity contribution >= 4 is 17.0 Å². The normalized spacial score (nSPS) is 12.2. The molecule has 0 aliphatic heterocycles. The van der Waals surface area contributed by atoms with Crippen molar-refractivity contribution in [3.63, 3.8) is 0 Å². The van der Waals surface area contributed by atoms with Crippen LogP contribution in [0.1, 0.15) is 64.3 Å². The molecule has 0 amide bonds. The number of carbonyl (C=O) groups is 1. The van der Waals surface area contributed by atoms with Gasteiger partial charge in [-0.2, -0.15) is 5.10 Å². The van der Waals surface area contributed by atoms with E-state index in [0.29, 0.717) is 49.2 Å². The van der Waals surface area contributed by atoms with Gasteiger partial charge in [-0.3, -0.25) is 28.0 Å². The maximum Gasteiger partial charge on any atom is 0.331 e. The Bertz CT molecular complexity index is 1540. The number of aryl methyl sites for hydroxylation is 2. The Kier molecular flexibility index (Phi) is 7.80. The minimum Gasteiger partial charge on any atom is -0.441 e. The van der Waals surface area contributed by atoms with E-state index in [0.717, 1.165) is 11.1 Å². The van der Waals surface area contributed by atoms with Crippen LogP contribution in [0.4, 0.5) is 0 Å². The number of fused-ring (bicyclic) bond motifs is 1. The molecule has 0 N–H and O–H groups in total. The highest BCUT2D eigenvalue weighted by atomic mass is 16.6. The summed E-state index contributed by atoms with van der Waals surface area (Å²) < 4.78 is 12.2. The molecule has 4 aromatic rings. The largest absolute Gasteiger partial charge is 0.441 e. The Morgan fingerprint density at radius 3 is 2.54 bits per heavy atom. The molecular formula is C28H35N5O4. The summed E-state index contributed by atoms with van der Waals surface area (Å²) in [5, 5.41) is 4.55. The standard InChI is InChI=1S/C28H35N5O4/c1-6-10-25(34)37-20(5)33-23(22-16-29-30(18-22)17-21-12-9-11-19(4)14-21)15-24-26(33)27(35)32(13-7-2)28(36)31(24)8-3/h9,11-12,14-16,18,20H,6-8,10,13,17H2,1-5H3. The molecule has 9 nitrogen and oxygen atoms in total. The number of hydrogen-bond donors (Lipinski definition) is 0. The first-order chi connectivity index (χ1) is 17.8. The van der Waals surface area contributed by atoms with Gasteiger partial charge in [-0.15, -0.1) is 0 Å². The average Bonchev–Trinajstić information content (AvgIpc) is 3.47. The lowest BCUT2D eigenvalue weighted by atomic mass is 10.1. The van der Waals surface area contributed by atoms with E-state index < -0.39 is 6.23 Å². The van der Waals surface area contributed by atoms with E-state index in [4.69, 9.17) is 4.74 Å². The van der Waals surface area contributed by atoms with Crippen LogP contribution < -0.4 is 11.2 Å². The average molecular weight is 506 g/mol. The summed E-state index contributed by atoms with van der Waals surface area (Å²) >= 11 is 0. The number of rotatable bonds is 10. The van der Waals surface area contributed by atoms with Gasteiger partial charge >= 0.3 is 11.7 Å². The number of ether oxygens (including phenoxy) is 1. The van der Waals surface area contributed by atoms with Crippen LogP contribution in [0.5, 0.6) is 0 Å². The summed E-state index contributed by atoms with van der Waals surface area (Å²) in [5.74, 6) is -0.337. The minimum absolute atomic E-state index is 0.285. The highest BCUT2D eigenvalue weighted by molar-refractivity contribution is 5.84. The monoisotopic (exact) mass is 505 g/mol. The summed E-state index contributed by atoms with van der Waals surface area (Å²) in [6.07, 6.45) is 4.48. The fourth-order valence-corrected chi connectivity index (χ4v) is 4.81. The first kappa shape index (κ1) is 26.2. The van der Waals surface area contributed by atoms with Gasteiger partial charge in [-0.05, 0) is 45.2 Å². The molecule has 37 heavy (non-hydrogen) atoms. The third-order valence-corrected chi connectivity index (χ3v) is 6.46. The highest BCUT2D eigenvalue weighted by Gasteiger charge is 2.25. The van der Waals surface area contributed by atoms with E-state index in [2.05, 4.69) is 30.2 Å². The number of esters is 1. The molecule has 0 aliphatic rings. The van der Waals surface area contributed by atoms with Crippen molar-refractivity contribution in [2.45, 2.75) is 79.7 Å². The second-order valence-electron chi connectivity index (χ2n) is 9.37. The van der Waals surface area contributed by atoms with Gasteiger partial charge in [0.2, 0.25) is 0 Å². The predicted octanol–water partition coefficient (Wildman–Crippen LogP) is 4.48. The van der Waals surface area contributed by atoms with Gasteiger partial charge in [-0.25, -0.2) is 4.79 Å². The zero-order chi connectivity index (χ0) is 26.7. The lowest BCUT2D eigenvalue weighted by Crippen LogP contribution is -2.40. The SMILES string of the molecule is CCCC(=O)OC(C)n1c(-c2cnn(Cc3cccc(C)c3)c2)cc2c1c(=O)n(CCC)c(=O)n2CC.